The van der Waals surface area contributed by atoms with Crippen LogP contribution in [0.15, 0.2) is 46.2 Å². The number of Topliss-reactive ketones (excluding diaryl/α,β-unsaturated/α-hetero) is 1. The molecule has 1 aromatic carbocycles. The van der Waals surface area contributed by atoms with E-state index < -0.39 is 16.9 Å². The Balaban J connectivity index is 1.82. The number of hydrogen-bond acceptors (Lipinski definition) is 5. The van der Waals surface area contributed by atoms with E-state index in [2.05, 4.69) is 10.2 Å². The number of carbonyl (C=O) groups is 1. The molecule has 25 heavy (non-hydrogen) atoms. The molecule has 0 N–H and O–H groups in total. The highest BCUT2D eigenvalue weighted by atomic mass is 32.2. The molecule has 3 rings (SSSR count). The minimum atomic E-state index is -1.04. The zero-order valence-electron chi connectivity index (χ0n) is 13.6. The van der Waals surface area contributed by atoms with Gasteiger partial charge in [0.2, 0.25) is 0 Å². The third kappa shape index (κ3) is 3.48. The van der Waals surface area contributed by atoms with Gasteiger partial charge in [-0.25, -0.2) is 8.78 Å². The summed E-state index contributed by atoms with van der Waals surface area (Å²) in [6.07, 6.45) is 1.55. The van der Waals surface area contributed by atoms with Gasteiger partial charge in [0.15, 0.2) is 34.2 Å². The maximum Gasteiger partial charge on any atom is 0.200 e. The molecule has 0 radical (unpaired) electrons. The van der Waals surface area contributed by atoms with Crippen LogP contribution >= 0.6 is 11.8 Å². The van der Waals surface area contributed by atoms with E-state index in [-0.39, 0.29) is 11.3 Å². The number of nitrogens with zero attached hydrogens (tertiary/aromatic N) is 3. The highest BCUT2D eigenvalue weighted by Gasteiger charge is 2.22. The maximum absolute atomic E-state index is 13.3. The lowest BCUT2D eigenvalue weighted by Gasteiger charge is -2.11. The topological polar surface area (TPSA) is 60.9 Å². The third-order valence-electron chi connectivity index (χ3n) is 3.63. The molecule has 5 nitrogen and oxygen atoms in total. The van der Waals surface area contributed by atoms with Crippen LogP contribution < -0.4 is 0 Å². The molecule has 8 heteroatoms. The molecule has 1 atom stereocenters. The van der Waals surface area contributed by atoms with E-state index in [4.69, 9.17) is 4.42 Å². The Labute approximate surface area is 147 Å². The van der Waals surface area contributed by atoms with Gasteiger partial charge < -0.3 is 4.42 Å². The normalized spacial score (nSPS) is 12.3. The maximum atomic E-state index is 13.3. The molecule has 2 heterocycles. The van der Waals surface area contributed by atoms with Gasteiger partial charge in [0.1, 0.15) is 0 Å². The van der Waals surface area contributed by atoms with Crippen LogP contribution in [0.3, 0.4) is 0 Å². The summed E-state index contributed by atoms with van der Waals surface area (Å²) in [6.45, 7) is 4.22. The van der Waals surface area contributed by atoms with Crippen molar-refractivity contribution < 1.29 is 18.0 Å². The molecule has 0 spiro atoms. The Hall–Kier alpha value is -2.48. The minimum absolute atomic E-state index is 0.118. The first-order valence-electron chi connectivity index (χ1n) is 7.64. The zero-order valence-corrected chi connectivity index (χ0v) is 14.4. The zero-order chi connectivity index (χ0) is 18.0. The first kappa shape index (κ1) is 17.3. The van der Waals surface area contributed by atoms with E-state index in [1.165, 1.54) is 17.8 Å². The molecule has 0 amide bonds. The van der Waals surface area contributed by atoms with Crippen molar-refractivity contribution in [1.82, 2.24) is 14.8 Å². The van der Waals surface area contributed by atoms with Crippen LogP contribution in [0.1, 0.15) is 24.2 Å². The number of aromatic nitrogens is 3. The summed E-state index contributed by atoms with van der Waals surface area (Å²) in [6, 6.07) is 6.67. The fourth-order valence-corrected chi connectivity index (χ4v) is 3.33. The standard InChI is InChI=1S/C17H15F2N3O2S/c1-3-22-16(14-5-4-8-24-14)20-21-17(22)25-10(2)15(23)11-6-7-12(18)13(19)9-11/h4-10H,3H2,1-2H3. The Morgan fingerprint density at radius 2 is 2.08 bits per heavy atom. The molecule has 0 aliphatic carbocycles. The summed E-state index contributed by atoms with van der Waals surface area (Å²) in [4.78, 5) is 12.5. The van der Waals surface area contributed by atoms with Gasteiger partial charge in [-0.3, -0.25) is 9.36 Å². The number of thioether (sulfide) groups is 1. The predicted molar refractivity (Wildman–Crippen MR) is 89.4 cm³/mol. The largest absolute Gasteiger partial charge is 0.461 e. The van der Waals surface area contributed by atoms with Crippen molar-refractivity contribution in [2.24, 2.45) is 0 Å². The number of rotatable bonds is 6. The number of halogens is 2. The van der Waals surface area contributed by atoms with Crippen LogP contribution in [0.25, 0.3) is 11.6 Å². The molecule has 0 aliphatic rings. The van der Waals surface area contributed by atoms with Gasteiger partial charge >= 0.3 is 0 Å². The van der Waals surface area contributed by atoms with Gasteiger partial charge in [-0.15, -0.1) is 10.2 Å². The van der Waals surface area contributed by atoms with Gasteiger partial charge in [-0.2, -0.15) is 0 Å². The van der Waals surface area contributed by atoms with Crippen molar-refractivity contribution in [1.29, 1.82) is 0 Å². The average Bonchev–Trinajstić information content (AvgIpc) is 3.25. The van der Waals surface area contributed by atoms with Crippen LogP contribution in [0.4, 0.5) is 8.78 Å². The van der Waals surface area contributed by atoms with Gasteiger partial charge in [-0.05, 0) is 44.2 Å². The van der Waals surface area contributed by atoms with E-state index in [1.807, 2.05) is 11.5 Å². The summed E-state index contributed by atoms with van der Waals surface area (Å²) in [5.41, 5.74) is 0.118. The quantitative estimate of drug-likeness (QED) is 0.485. The van der Waals surface area contributed by atoms with Crippen molar-refractivity contribution in [2.75, 3.05) is 0 Å². The highest BCUT2D eigenvalue weighted by molar-refractivity contribution is 8.00. The SMILES string of the molecule is CCn1c(SC(C)C(=O)c2ccc(F)c(F)c2)nnc1-c1ccco1. The molecule has 1 unspecified atom stereocenters. The summed E-state index contributed by atoms with van der Waals surface area (Å²) in [5, 5.41) is 8.25. The second-order valence-electron chi connectivity index (χ2n) is 5.28. The molecule has 0 saturated carbocycles. The van der Waals surface area contributed by atoms with Crippen LogP contribution in [-0.2, 0) is 6.54 Å². The summed E-state index contributed by atoms with van der Waals surface area (Å²) in [5.74, 6) is -1.18. The molecule has 2 aromatic heterocycles. The van der Waals surface area contributed by atoms with Crippen molar-refractivity contribution >= 4 is 17.5 Å². The molecule has 0 aliphatic heterocycles. The lowest BCUT2D eigenvalue weighted by atomic mass is 10.1. The lowest BCUT2D eigenvalue weighted by Crippen LogP contribution is -2.15. The van der Waals surface area contributed by atoms with Gasteiger partial charge in [0.25, 0.3) is 0 Å². The van der Waals surface area contributed by atoms with Crippen LogP contribution in [-0.4, -0.2) is 25.8 Å². The highest BCUT2D eigenvalue weighted by Crippen LogP contribution is 2.28. The van der Waals surface area contributed by atoms with E-state index in [9.17, 15) is 13.6 Å². The number of hydrogen-bond donors (Lipinski definition) is 0. The van der Waals surface area contributed by atoms with Crippen LogP contribution in [0.2, 0.25) is 0 Å². The van der Waals surface area contributed by atoms with E-state index in [0.717, 1.165) is 12.1 Å². The van der Waals surface area contributed by atoms with Gasteiger partial charge in [0.05, 0.1) is 11.5 Å². The third-order valence-corrected chi connectivity index (χ3v) is 4.71. The summed E-state index contributed by atoms with van der Waals surface area (Å²) >= 11 is 1.21. The van der Waals surface area contributed by atoms with Crippen LogP contribution in [0.5, 0.6) is 0 Å². The molecule has 3 aromatic rings. The Morgan fingerprint density at radius 1 is 1.28 bits per heavy atom. The van der Waals surface area contributed by atoms with Crippen molar-refractivity contribution in [2.45, 2.75) is 30.8 Å². The van der Waals surface area contributed by atoms with Crippen molar-refractivity contribution in [3.8, 4) is 11.6 Å². The first-order valence-corrected chi connectivity index (χ1v) is 8.52. The molecular weight excluding hydrogens is 348 g/mol. The smallest absolute Gasteiger partial charge is 0.200 e. The fraction of sp³-hybridized carbons (Fsp3) is 0.235. The second-order valence-corrected chi connectivity index (χ2v) is 6.59. The average molecular weight is 363 g/mol. The Morgan fingerprint density at radius 3 is 2.72 bits per heavy atom. The Kier molecular flexibility index (Phi) is 4.98. The number of ketones is 1. The lowest BCUT2D eigenvalue weighted by molar-refractivity contribution is 0.0993. The van der Waals surface area contributed by atoms with Crippen molar-refractivity contribution in [3.63, 3.8) is 0 Å². The Bertz CT molecular complexity index is 893. The van der Waals surface area contributed by atoms with Gasteiger partial charge in [-0.1, -0.05) is 11.8 Å². The van der Waals surface area contributed by atoms with Gasteiger partial charge in [0, 0.05) is 12.1 Å². The number of furan rings is 1. The van der Waals surface area contributed by atoms with Crippen molar-refractivity contribution in [3.05, 3.63) is 53.8 Å². The summed E-state index contributed by atoms with van der Waals surface area (Å²) < 4.78 is 33.5. The molecule has 0 fully saturated rings. The van der Waals surface area contributed by atoms with E-state index in [0.29, 0.717) is 23.3 Å². The minimum Gasteiger partial charge on any atom is -0.461 e. The summed E-state index contributed by atoms with van der Waals surface area (Å²) in [7, 11) is 0. The molecule has 0 saturated heterocycles. The fourth-order valence-electron chi connectivity index (χ4n) is 2.34. The predicted octanol–water partition coefficient (Wildman–Crippen LogP) is 4.20. The van der Waals surface area contributed by atoms with E-state index in [1.54, 1.807) is 25.3 Å². The van der Waals surface area contributed by atoms with E-state index >= 15 is 0 Å². The molecule has 0 bridgehead atoms. The number of benzene rings is 1. The second kappa shape index (κ2) is 7.18. The number of carbonyl (C=O) groups excluding carboxylic acids is 1. The van der Waals surface area contributed by atoms with Crippen LogP contribution in [0, 0.1) is 11.6 Å². The molecule has 130 valence electrons. The molecular formula is C17H15F2N3O2S. The monoisotopic (exact) mass is 363 g/mol. The first-order chi connectivity index (χ1) is 12.0.